The third-order valence-electron chi connectivity index (χ3n) is 4.50. The Morgan fingerprint density at radius 2 is 2.21 bits per heavy atom. The van der Waals surface area contributed by atoms with Gasteiger partial charge in [-0.15, -0.1) is 0 Å². The summed E-state index contributed by atoms with van der Waals surface area (Å²) in [5.74, 6) is 1.07. The summed E-state index contributed by atoms with van der Waals surface area (Å²) in [6, 6.07) is 3.56. The number of carbonyl (C=O) groups is 1. The molecule has 1 aromatic rings. The smallest absolute Gasteiger partial charge is 0.226 e. The lowest BCUT2D eigenvalue weighted by Crippen LogP contribution is -2.45. The lowest BCUT2D eigenvalue weighted by molar-refractivity contribution is -0.137. The van der Waals surface area contributed by atoms with Crippen molar-refractivity contribution in [1.82, 2.24) is 14.8 Å². The van der Waals surface area contributed by atoms with Crippen LogP contribution in [0.3, 0.4) is 0 Å². The van der Waals surface area contributed by atoms with Gasteiger partial charge in [-0.3, -0.25) is 4.79 Å². The summed E-state index contributed by atoms with van der Waals surface area (Å²) < 4.78 is 5.63. The minimum absolute atomic E-state index is 0.150. The van der Waals surface area contributed by atoms with Gasteiger partial charge in [0.05, 0.1) is 17.5 Å². The fourth-order valence-corrected chi connectivity index (χ4v) is 3.28. The van der Waals surface area contributed by atoms with Crippen molar-refractivity contribution in [3.05, 3.63) is 23.4 Å². The molecule has 24 heavy (non-hydrogen) atoms. The maximum absolute atomic E-state index is 12.5. The fraction of sp³-hybridized carbons (Fsp3) is 0.667. The van der Waals surface area contributed by atoms with Crippen molar-refractivity contribution in [3.8, 4) is 5.88 Å². The maximum Gasteiger partial charge on any atom is 0.226 e. The van der Waals surface area contributed by atoms with Crippen LogP contribution in [0.4, 0.5) is 0 Å². The van der Waals surface area contributed by atoms with Crippen molar-refractivity contribution < 1.29 is 9.53 Å². The standard InChI is InChI=1S/C18H28ClN3O2/c1-3-22(4-2)18(23)15-7-5-10-21(14-15)11-6-12-24-17-9-8-16(19)13-20-17/h8-9,13,15H,3-7,10-12,14H2,1-2H3. The van der Waals surface area contributed by atoms with Crippen LogP contribution in [0.15, 0.2) is 18.3 Å². The van der Waals surface area contributed by atoms with Crippen LogP contribution < -0.4 is 4.74 Å². The Morgan fingerprint density at radius 3 is 2.88 bits per heavy atom. The lowest BCUT2D eigenvalue weighted by atomic mass is 9.96. The second-order valence-corrected chi connectivity index (χ2v) is 6.60. The van der Waals surface area contributed by atoms with Crippen LogP contribution in [0.25, 0.3) is 0 Å². The van der Waals surface area contributed by atoms with Crippen molar-refractivity contribution in [3.63, 3.8) is 0 Å². The van der Waals surface area contributed by atoms with Crippen molar-refractivity contribution in [1.29, 1.82) is 0 Å². The van der Waals surface area contributed by atoms with Crippen molar-refractivity contribution in [2.24, 2.45) is 5.92 Å². The van der Waals surface area contributed by atoms with E-state index in [1.165, 1.54) is 0 Å². The van der Waals surface area contributed by atoms with Gasteiger partial charge in [0, 0.05) is 38.4 Å². The number of halogens is 1. The maximum atomic E-state index is 12.5. The molecule has 2 rings (SSSR count). The molecule has 0 bridgehead atoms. The average molecular weight is 354 g/mol. The first-order chi connectivity index (χ1) is 11.6. The summed E-state index contributed by atoms with van der Waals surface area (Å²) in [6.45, 7) is 9.21. The van der Waals surface area contributed by atoms with Crippen molar-refractivity contribution >= 4 is 17.5 Å². The van der Waals surface area contributed by atoms with E-state index in [1.807, 2.05) is 18.7 Å². The Labute approximate surface area is 149 Å². The van der Waals surface area contributed by atoms with E-state index in [9.17, 15) is 4.79 Å². The molecule has 5 nitrogen and oxygen atoms in total. The molecular weight excluding hydrogens is 326 g/mol. The topological polar surface area (TPSA) is 45.7 Å². The molecule has 0 radical (unpaired) electrons. The van der Waals surface area contributed by atoms with Gasteiger partial charge >= 0.3 is 0 Å². The normalized spacial score (nSPS) is 18.4. The molecule has 1 atom stereocenters. The molecule has 1 amide bonds. The van der Waals surface area contributed by atoms with Gasteiger partial charge < -0.3 is 14.5 Å². The molecule has 0 aromatic carbocycles. The molecule has 1 fully saturated rings. The highest BCUT2D eigenvalue weighted by molar-refractivity contribution is 6.30. The van der Waals surface area contributed by atoms with Gasteiger partial charge in [0.15, 0.2) is 0 Å². The highest BCUT2D eigenvalue weighted by Crippen LogP contribution is 2.19. The minimum Gasteiger partial charge on any atom is -0.478 e. The summed E-state index contributed by atoms with van der Waals surface area (Å²) in [4.78, 5) is 21.0. The Bertz CT molecular complexity index is 505. The third kappa shape index (κ3) is 5.64. The Morgan fingerprint density at radius 1 is 1.42 bits per heavy atom. The molecule has 0 aliphatic carbocycles. The number of hydrogen-bond acceptors (Lipinski definition) is 4. The van der Waals surface area contributed by atoms with Crippen LogP contribution in [0.5, 0.6) is 5.88 Å². The predicted molar refractivity (Wildman–Crippen MR) is 96.5 cm³/mol. The molecule has 134 valence electrons. The molecular formula is C18H28ClN3O2. The van der Waals surface area contributed by atoms with Crippen LogP contribution in [-0.4, -0.2) is 60.0 Å². The van der Waals surface area contributed by atoms with E-state index in [-0.39, 0.29) is 5.92 Å². The Hall–Kier alpha value is -1.33. The molecule has 1 saturated heterocycles. The summed E-state index contributed by atoms with van der Waals surface area (Å²) >= 11 is 5.80. The van der Waals surface area contributed by atoms with E-state index in [1.54, 1.807) is 18.3 Å². The third-order valence-corrected chi connectivity index (χ3v) is 4.72. The summed E-state index contributed by atoms with van der Waals surface area (Å²) in [7, 11) is 0. The van der Waals surface area contributed by atoms with Crippen LogP contribution in [-0.2, 0) is 4.79 Å². The fourth-order valence-electron chi connectivity index (χ4n) is 3.17. The Kier molecular flexibility index (Phi) is 7.79. The molecule has 0 spiro atoms. The number of pyridine rings is 1. The molecule has 0 N–H and O–H groups in total. The number of likely N-dealkylation sites (tertiary alicyclic amines) is 1. The monoisotopic (exact) mass is 353 g/mol. The predicted octanol–water partition coefficient (Wildman–Crippen LogP) is 3.08. The first-order valence-electron chi connectivity index (χ1n) is 8.89. The van der Waals surface area contributed by atoms with Gasteiger partial charge in [0.2, 0.25) is 11.8 Å². The van der Waals surface area contributed by atoms with E-state index in [4.69, 9.17) is 16.3 Å². The second-order valence-electron chi connectivity index (χ2n) is 6.17. The summed E-state index contributed by atoms with van der Waals surface area (Å²) in [6.07, 6.45) is 4.62. The van der Waals surface area contributed by atoms with Gasteiger partial charge in [-0.2, -0.15) is 0 Å². The number of amides is 1. The SMILES string of the molecule is CCN(CC)C(=O)C1CCCN(CCCOc2ccc(Cl)cn2)C1. The number of aromatic nitrogens is 1. The molecule has 2 heterocycles. The van der Waals surface area contributed by atoms with Gasteiger partial charge in [0.25, 0.3) is 0 Å². The van der Waals surface area contributed by atoms with Crippen LogP contribution >= 0.6 is 11.6 Å². The first kappa shape index (κ1) is 19.0. The van der Waals surface area contributed by atoms with E-state index in [0.717, 1.165) is 52.0 Å². The largest absolute Gasteiger partial charge is 0.478 e. The first-order valence-corrected chi connectivity index (χ1v) is 9.27. The number of nitrogens with zero attached hydrogens (tertiary/aromatic N) is 3. The van der Waals surface area contributed by atoms with E-state index >= 15 is 0 Å². The van der Waals surface area contributed by atoms with Crippen LogP contribution in [0.1, 0.15) is 33.1 Å². The van der Waals surface area contributed by atoms with Gasteiger partial charge in [-0.25, -0.2) is 4.98 Å². The van der Waals surface area contributed by atoms with E-state index in [0.29, 0.717) is 23.4 Å². The zero-order chi connectivity index (χ0) is 17.4. The molecule has 1 aliphatic rings. The average Bonchev–Trinajstić information content (AvgIpc) is 2.61. The molecule has 0 saturated carbocycles. The molecule has 1 unspecified atom stereocenters. The quantitative estimate of drug-likeness (QED) is 0.674. The molecule has 1 aliphatic heterocycles. The van der Waals surface area contributed by atoms with Crippen molar-refractivity contribution in [2.45, 2.75) is 33.1 Å². The summed E-state index contributed by atoms with van der Waals surface area (Å²) in [5, 5.41) is 0.611. The molecule has 1 aromatic heterocycles. The van der Waals surface area contributed by atoms with E-state index < -0.39 is 0 Å². The number of carbonyl (C=O) groups excluding carboxylic acids is 1. The highest BCUT2D eigenvalue weighted by atomic mass is 35.5. The Balaban J connectivity index is 1.71. The number of rotatable bonds is 8. The lowest BCUT2D eigenvalue weighted by Gasteiger charge is -2.34. The highest BCUT2D eigenvalue weighted by Gasteiger charge is 2.27. The number of ether oxygens (including phenoxy) is 1. The summed E-state index contributed by atoms with van der Waals surface area (Å²) in [5.41, 5.74) is 0. The van der Waals surface area contributed by atoms with Gasteiger partial charge in [-0.1, -0.05) is 11.6 Å². The molecule has 6 heteroatoms. The van der Waals surface area contributed by atoms with E-state index in [2.05, 4.69) is 9.88 Å². The zero-order valence-electron chi connectivity index (χ0n) is 14.7. The number of piperidine rings is 1. The zero-order valence-corrected chi connectivity index (χ0v) is 15.5. The van der Waals surface area contributed by atoms with Crippen LogP contribution in [0, 0.1) is 5.92 Å². The van der Waals surface area contributed by atoms with Crippen molar-refractivity contribution in [2.75, 3.05) is 39.3 Å². The van der Waals surface area contributed by atoms with Gasteiger partial charge in [0.1, 0.15) is 0 Å². The van der Waals surface area contributed by atoms with Gasteiger partial charge in [-0.05, 0) is 45.7 Å². The number of hydrogen-bond donors (Lipinski definition) is 0. The minimum atomic E-state index is 0.150. The van der Waals surface area contributed by atoms with Crippen LogP contribution in [0.2, 0.25) is 5.02 Å². The second kappa shape index (κ2) is 9.84.